The van der Waals surface area contributed by atoms with Gasteiger partial charge in [-0.1, -0.05) is 237 Å². The van der Waals surface area contributed by atoms with Gasteiger partial charge in [-0.15, -0.1) is 0 Å². The second-order valence-electron chi connectivity index (χ2n) is 16.5. The highest BCUT2D eigenvalue weighted by molar-refractivity contribution is 5.76. The molecule has 314 valence electrons. The van der Waals surface area contributed by atoms with Gasteiger partial charge in [-0.25, -0.2) is 0 Å². The van der Waals surface area contributed by atoms with Gasteiger partial charge in [0.05, 0.1) is 18.8 Å². The molecule has 0 saturated heterocycles. The van der Waals surface area contributed by atoms with Crippen LogP contribution in [0.2, 0.25) is 0 Å². The minimum absolute atomic E-state index is 0.0714. The molecule has 0 radical (unpaired) electrons. The average Bonchev–Trinajstić information content (AvgIpc) is 3.16. The lowest BCUT2D eigenvalue weighted by atomic mass is 10.0. The zero-order chi connectivity index (χ0) is 38.6. The summed E-state index contributed by atoms with van der Waals surface area (Å²) < 4.78 is 0. The van der Waals surface area contributed by atoms with E-state index in [4.69, 9.17) is 0 Å². The van der Waals surface area contributed by atoms with E-state index in [0.717, 1.165) is 38.5 Å². The molecular weight excluding hydrogens is 651 g/mol. The summed E-state index contributed by atoms with van der Waals surface area (Å²) in [7, 11) is 0. The van der Waals surface area contributed by atoms with Crippen molar-refractivity contribution in [1.29, 1.82) is 0 Å². The number of carbonyl (C=O) groups is 1. The minimum Gasteiger partial charge on any atom is -0.394 e. The molecule has 4 heteroatoms. The Morgan fingerprint density at radius 3 is 1.06 bits per heavy atom. The number of aliphatic hydroxyl groups excluding tert-OH is 2. The Hall–Kier alpha value is -1.13. The summed E-state index contributed by atoms with van der Waals surface area (Å²) in [5.74, 6) is -0.0714. The second kappa shape index (κ2) is 45.3. The van der Waals surface area contributed by atoms with E-state index in [9.17, 15) is 15.0 Å². The van der Waals surface area contributed by atoms with Gasteiger partial charge in [0, 0.05) is 6.42 Å². The van der Waals surface area contributed by atoms with Gasteiger partial charge >= 0.3 is 0 Å². The van der Waals surface area contributed by atoms with Crippen LogP contribution in [0.3, 0.4) is 0 Å². The SMILES string of the molecule is CCCCCC/C=C\CCCCCCCC(=O)NC(CO)C(O)/C=C/CCCCCCCCCCCCCCCCCCCCCCCCCCCC. The van der Waals surface area contributed by atoms with Crippen molar-refractivity contribution in [3.05, 3.63) is 24.3 Å². The Kier molecular flexibility index (Phi) is 44.3. The topological polar surface area (TPSA) is 69.6 Å². The van der Waals surface area contributed by atoms with Crippen LogP contribution in [0.15, 0.2) is 24.3 Å². The van der Waals surface area contributed by atoms with Crippen LogP contribution in [-0.2, 0) is 4.79 Å². The van der Waals surface area contributed by atoms with Crippen LogP contribution in [0.5, 0.6) is 0 Å². The number of nitrogens with one attached hydrogen (secondary N) is 1. The van der Waals surface area contributed by atoms with E-state index in [1.165, 1.54) is 205 Å². The monoisotopic (exact) mass is 746 g/mol. The first kappa shape index (κ1) is 51.9. The highest BCUT2D eigenvalue weighted by atomic mass is 16.3. The second-order valence-corrected chi connectivity index (χ2v) is 16.5. The molecule has 2 atom stereocenters. The number of unbranched alkanes of at least 4 members (excludes halogenated alkanes) is 35. The summed E-state index contributed by atoms with van der Waals surface area (Å²) >= 11 is 0. The van der Waals surface area contributed by atoms with Crippen molar-refractivity contribution >= 4 is 5.91 Å². The zero-order valence-electron chi connectivity index (χ0n) is 36.1. The molecule has 0 aromatic carbocycles. The highest BCUT2D eigenvalue weighted by Gasteiger charge is 2.17. The predicted octanol–water partition coefficient (Wildman–Crippen LogP) is 15.2. The third kappa shape index (κ3) is 41.9. The number of aliphatic hydroxyl groups is 2. The van der Waals surface area contributed by atoms with Crippen molar-refractivity contribution in [2.45, 2.75) is 276 Å². The van der Waals surface area contributed by atoms with Crippen molar-refractivity contribution in [3.8, 4) is 0 Å². The fourth-order valence-electron chi connectivity index (χ4n) is 7.47. The molecule has 4 nitrogen and oxygen atoms in total. The van der Waals surface area contributed by atoms with E-state index in [0.29, 0.717) is 6.42 Å². The number of rotatable bonds is 44. The molecule has 0 aromatic heterocycles. The minimum atomic E-state index is -0.840. The maximum atomic E-state index is 12.4. The number of carbonyl (C=O) groups excluding carboxylic acids is 1. The van der Waals surface area contributed by atoms with E-state index in [-0.39, 0.29) is 12.5 Å². The first-order valence-electron chi connectivity index (χ1n) is 24.1. The van der Waals surface area contributed by atoms with Crippen LogP contribution in [0.1, 0.15) is 264 Å². The van der Waals surface area contributed by atoms with Gasteiger partial charge in [0.25, 0.3) is 0 Å². The molecule has 0 aliphatic heterocycles. The highest BCUT2D eigenvalue weighted by Crippen LogP contribution is 2.16. The number of allylic oxidation sites excluding steroid dienone is 3. The van der Waals surface area contributed by atoms with E-state index >= 15 is 0 Å². The van der Waals surface area contributed by atoms with Crippen LogP contribution in [0.4, 0.5) is 0 Å². The molecule has 0 bridgehead atoms. The van der Waals surface area contributed by atoms with E-state index in [1.807, 2.05) is 6.08 Å². The molecule has 0 aliphatic carbocycles. The first-order valence-corrected chi connectivity index (χ1v) is 24.1. The van der Waals surface area contributed by atoms with Crippen LogP contribution < -0.4 is 5.32 Å². The Labute approximate surface area is 332 Å². The normalized spacial score (nSPS) is 13.1. The average molecular weight is 746 g/mol. The van der Waals surface area contributed by atoms with Crippen molar-refractivity contribution in [1.82, 2.24) is 5.32 Å². The molecule has 3 N–H and O–H groups in total. The van der Waals surface area contributed by atoms with Gasteiger partial charge < -0.3 is 15.5 Å². The van der Waals surface area contributed by atoms with Crippen LogP contribution >= 0.6 is 0 Å². The van der Waals surface area contributed by atoms with Crippen molar-refractivity contribution < 1.29 is 15.0 Å². The van der Waals surface area contributed by atoms with Gasteiger partial charge in [0.1, 0.15) is 0 Å². The maximum absolute atomic E-state index is 12.4. The van der Waals surface area contributed by atoms with Crippen LogP contribution in [0.25, 0.3) is 0 Å². The number of amides is 1. The van der Waals surface area contributed by atoms with E-state index in [1.54, 1.807) is 6.08 Å². The summed E-state index contributed by atoms with van der Waals surface area (Å²) in [6, 6.07) is -0.624. The molecule has 0 rings (SSSR count). The summed E-state index contributed by atoms with van der Waals surface area (Å²) in [6.45, 7) is 4.30. The lowest BCUT2D eigenvalue weighted by Crippen LogP contribution is -2.45. The Morgan fingerprint density at radius 1 is 0.434 bits per heavy atom. The van der Waals surface area contributed by atoms with Gasteiger partial charge in [-0.3, -0.25) is 4.79 Å². The molecule has 1 amide bonds. The first-order chi connectivity index (χ1) is 26.2. The summed E-state index contributed by atoms with van der Waals surface area (Å²) in [6.07, 6.45) is 58.8. The van der Waals surface area contributed by atoms with Crippen molar-refractivity contribution in [2.75, 3.05) is 6.61 Å². The Balaban J connectivity index is 3.47. The Bertz CT molecular complexity index is 765. The summed E-state index contributed by atoms with van der Waals surface area (Å²) in [5, 5.41) is 23.0. The molecule has 0 aliphatic rings. The molecule has 0 saturated carbocycles. The smallest absolute Gasteiger partial charge is 0.220 e. The zero-order valence-corrected chi connectivity index (χ0v) is 36.1. The fraction of sp³-hybridized carbons (Fsp3) is 0.898. The van der Waals surface area contributed by atoms with Crippen molar-refractivity contribution in [2.24, 2.45) is 0 Å². The van der Waals surface area contributed by atoms with Gasteiger partial charge in [-0.2, -0.15) is 0 Å². The third-order valence-corrected chi connectivity index (χ3v) is 11.2. The number of hydrogen-bond donors (Lipinski definition) is 3. The molecular formula is C49H95NO3. The fourth-order valence-corrected chi connectivity index (χ4v) is 7.47. The summed E-state index contributed by atoms with van der Waals surface area (Å²) in [4.78, 5) is 12.4. The maximum Gasteiger partial charge on any atom is 0.220 e. The quantitative estimate of drug-likeness (QED) is 0.0430. The molecule has 0 spiro atoms. The lowest BCUT2D eigenvalue weighted by Gasteiger charge is -2.20. The van der Waals surface area contributed by atoms with Gasteiger partial charge in [-0.05, 0) is 44.9 Å². The molecule has 0 aromatic rings. The largest absolute Gasteiger partial charge is 0.394 e. The van der Waals surface area contributed by atoms with Gasteiger partial charge in [0.15, 0.2) is 0 Å². The molecule has 53 heavy (non-hydrogen) atoms. The van der Waals surface area contributed by atoms with E-state index < -0.39 is 12.1 Å². The van der Waals surface area contributed by atoms with Crippen molar-refractivity contribution in [3.63, 3.8) is 0 Å². The standard InChI is InChI=1S/C49H95NO3/c1-3-5-7-9-11-13-15-17-18-19-20-21-22-23-24-25-26-27-28-29-30-31-33-34-36-38-40-42-44-48(52)47(46-51)50-49(53)45-43-41-39-37-35-32-16-14-12-10-8-6-4-2/h14,16,42,44,47-48,51-52H,3-13,15,17-41,43,45-46H2,1-2H3,(H,50,53)/b16-14-,44-42+. The molecule has 2 unspecified atom stereocenters. The third-order valence-electron chi connectivity index (χ3n) is 11.2. The molecule has 0 fully saturated rings. The Morgan fingerprint density at radius 2 is 0.717 bits per heavy atom. The van der Waals surface area contributed by atoms with E-state index in [2.05, 4.69) is 31.3 Å². The predicted molar refractivity (Wildman–Crippen MR) is 235 cm³/mol. The molecule has 0 heterocycles. The lowest BCUT2D eigenvalue weighted by molar-refractivity contribution is -0.123. The summed E-state index contributed by atoms with van der Waals surface area (Å²) in [5.41, 5.74) is 0. The van der Waals surface area contributed by atoms with Crippen LogP contribution in [0, 0.1) is 0 Å². The number of hydrogen-bond acceptors (Lipinski definition) is 3. The van der Waals surface area contributed by atoms with Crippen LogP contribution in [-0.4, -0.2) is 34.9 Å². The van der Waals surface area contributed by atoms with Gasteiger partial charge in [0.2, 0.25) is 5.91 Å².